The molecule has 0 saturated heterocycles. The summed E-state index contributed by atoms with van der Waals surface area (Å²) in [6.07, 6.45) is -2.94. The van der Waals surface area contributed by atoms with Crippen molar-refractivity contribution in [3.63, 3.8) is 0 Å². The highest BCUT2D eigenvalue weighted by atomic mass is 28.3. The van der Waals surface area contributed by atoms with E-state index in [4.69, 9.17) is 4.74 Å². The molecule has 0 aliphatic carbocycles. The lowest BCUT2D eigenvalue weighted by Gasteiger charge is -2.16. The number of rotatable bonds is 6. The molecule has 0 amide bonds. The average molecular weight is 342 g/mol. The predicted molar refractivity (Wildman–Crippen MR) is 88.9 cm³/mol. The molecule has 0 spiro atoms. The predicted octanol–water partition coefficient (Wildman–Crippen LogP) is 5.01. The molecule has 0 aliphatic heterocycles. The SMILES string of the molecule is C=Cc1ccc2c(c1)nc(C(F)(F)F)n2COCC[Si](C)(C)C. The Labute approximate surface area is 134 Å². The molecule has 1 aromatic heterocycles. The second kappa shape index (κ2) is 6.49. The number of fused-ring (bicyclic) bond motifs is 1. The van der Waals surface area contributed by atoms with Crippen molar-refractivity contribution in [1.82, 2.24) is 9.55 Å². The van der Waals surface area contributed by atoms with Gasteiger partial charge in [-0.2, -0.15) is 13.2 Å². The Hall–Kier alpha value is -1.60. The number of aromatic nitrogens is 2. The fourth-order valence-corrected chi connectivity index (χ4v) is 2.91. The normalized spacial score (nSPS) is 12.8. The Kier molecular flexibility index (Phi) is 5.00. The summed E-state index contributed by atoms with van der Waals surface area (Å²) in [6.45, 7) is 10.5. The molecule has 0 unspecified atom stereocenters. The van der Waals surface area contributed by atoms with Gasteiger partial charge >= 0.3 is 6.18 Å². The summed E-state index contributed by atoms with van der Waals surface area (Å²) in [5.41, 5.74) is 1.44. The van der Waals surface area contributed by atoms with Gasteiger partial charge in [0.25, 0.3) is 0 Å². The smallest absolute Gasteiger partial charge is 0.361 e. The summed E-state index contributed by atoms with van der Waals surface area (Å²) in [5.74, 6) is -0.929. The highest BCUT2D eigenvalue weighted by Gasteiger charge is 2.37. The van der Waals surface area contributed by atoms with E-state index in [0.29, 0.717) is 17.6 Å². The van der Waals surface area contributed by atoms with Crippen molar-refractivity contribution in [2.75, 3.05) is 6.61 Å². The summed E-state index contributed by atoms with van der Waals surface area (Å²) in [6, 6.07) is 5.84. The largest absolute Gasteiger partial charge is 0.449 e. The summed E-state index contributed by atoms with van der Waals surface area (Å²) in [4.78, 5) is 3.74. The number of hydrogen-bond donors (Lipinski definition) is 0. The molecule has 0 atom stereocenters. The number of hydrogen-bond acceptors (Lipinski definition) is 2. The Bertz CT molecular complexity index is 702. The first kappa shape index (κ1) is 17.7. The zero-order valence-corrected chi connectivity index (χ0v) is 14.6. The first-order chi connectivity index (χ1) is 10.6. The van der Waals surface area contributed by atoms with Crippen molar-refractivity contribution in [3.05, 3.63) is 36.2 Å². The van der Waals surface area contributed by atoms with E-state index in [1.807, 2.05) is 0 Å². The summed E-state index contributed by atoms with van der Waals surface area (Å²) in [7, 11) is -1.28. The molecule has 7 heteroatoms. The van der Waals surface area contributed by atoms with Crippen LogP contribution in [0.15, 0.2) is 24.8 Å². The Morgan fingerprint density at radius 3 is 2.57 bits per heavy atom. The van der Waals surface area contributed by atoms with Crippen LogP contribution in [0.2, 0.25) is 25.7 Å². The van der Waals surface area contributed by atoms with Crippen LogP contribution in [0.3, 0.4) is 0 Å². The molecule has 2 aromatic rings. The van der Waals surface area contributed by atoms with Gasteiger partial charge in [-0.25, -0.2) is 4.98 Å². The maximum atomic E-state index is 13.2. The number of benzene rings is 1. The number of imidazole rings is 1. The van der Waals surface area contributed by atoms with Gasteiger partial charge in [0.15, 0.2) is 0 Å². The van der Waals surface area contributed by atoms with E-state index in [-0.39, 0.29) is 6.73 Å². The topological polar surface area (TPSA) is 27.1 Å². The van der Waals surface area contributed by atoms with Gasteiger partial charge in [0.1, 0.15) is 6.73 Å². The summed E-state index contributed by atoms with van der Waals surface area (Å²) in [5, 5.41) is 0. The van der Waals surface area contributed by atoms with Crippen molar-refractivity contribution in [1.29, 1.82) is 0 Å². The van der Waals surface area contributed by atoms with E-state index in [0.717, 1.165) is 16.2 Å². The van der Waals surface area contributed by atoms with E-state index in [9.17, 15) is 13.2 Å². The van der Waals surface area contributed by atoms with Crippen molar-refractivity contribution in [2.24, 2.45) is 0 Å². The first-order valence-corrected chi connectivity index (χ1v) is 11.1. The molecule has 0 N–H and O–H groups in total. The molecule has 0 radical (unpaired) electrons. The second-order valence-corrected chi connectivity index (χ2v) is 12.3. The maximum absolute atomic E-state index is 13.2. The third-order valence-electron chi connectivity index (χ3n) is 3.48. The van der Waals surface area contributed by atoms with Gasteiger partial charge in [-0.1, -0.05) is 38.4 Å². The number of nitrogens with zero attached hydrogens (tertiary/aromatic N) is 2. The molecule has 126 valence electrons. The number of alkyl halides is 3. The van der Waals surface area contributed by atoms with E-state index >= 15 is 0 Å². The molecule has 2 rings (SSSR count). The van der Waals surface area contributed by atoms with Gasteiger partial charge < -0.3 is 4.74 Å². The molecular formula is C16H21F3N2OSi. The van der Waals surface area contributed by atoms with Gasteiger partial charge in [-0.15, -0.1) is 0 Å². The van der Waals surface area contributed by atoms with E-state index < -0.39 is 20.1 Å². The minimum absolute atomic E-state index is 0.150. The van der Waals surface area contributed by atoms with Crippen molar-refractivity contribution < 1.29 is 17.9 Å². The Balaban J connectivity index is 2.30. The summed E-state index contributed by atoms with van der Waals surface area (Å²) < 4.78 is 46.2. The Morgan fingerprint density at radius 1 is 1.30 bits per heavy atom. The highest BCUT2D eigenvalue weighted by molar-refractivity contribution is 6.76. The van der Waals surface area contributed by atoms with E-state index in [2.05, 4.69) is 31.2 Å². The van der Waals surface area contributed by atoms with E-state index in [1.165, 1.54) is 0 Å². The first-order valence-electron chi connectivity index (χ1n) is 7.39. The minimum Gasteiger partial charge on any atom is -0.361 e. The van der Waals surface area contributed by atoms with Crippen LogP contribution in [-0.2, 0) is 17.6 Å². The van der Waals surface area contributed by atoms with Crippen LogP contribution in [-0.4, -0.2) is 24.2 Å². The second-order valence-electron chi connectivity index (χ2n) is 6.66. The molecule has 0 saturated carbocycles. The molecule has 0 bridgehead atoms. The molecule has 3 nitrogen and oxygen atoms in total. The standard InChI is InChI=1S/C16H21F3N2OSi/c1-5-12-6-7-14-13(10-12)20-15(16(17,18)19)21(14)11-22-8-9-23(2,3)4/h5-7,10H,1,8-9,11H2,2-4H3. The van der Waals surface area contributed by atoms with Crippen LogP contribution < -0.4 is 0 Å². The third kappa shape index (κ3) is 4.45. The number of ether oxygens (including phenoxy) is 1. The van der Waals surface area contributed by atoms with Gasteiger partial charge in [-0.3, -0.25) is 4.57 Å². The number of halogens is 3. The van der Waals surface area contributed by atoms with Crippen LogP contribution in [0.4, 0.5) is 13.2 Å². The van der Waals surface area contributed by atoms with Gasteiger partial charge in [0, 0.05) is 14.7 Å². The lowest BCUT2D eigenvalue weighted by molar-refractivity contribution is -0.149. The molecule has 1 heterocycles. The lowest BCUT2D eigenvalue weighted by atomic mass is 10.2. The van der Waals surface area contributed by atoms with Crippen molar-refractivity contribution >= 4 is 25.2 Å². The van der Waals surface area contributed by atoms with Crippen molar-refractivity contribution in [3.8, 4) is 0 Å². The van der Waals surface area contributed by atoms with Gasteiger partial charge in [-0.05, 0) is 23.7 Å². The summed E-state index contributed by atoms with van der Waals surface area (Å²) >= 11 is 0. The average Bonchev–Trinajstić information content (AvgIpc) is 2.80. The van der Waals surface area contributed by atoms with Crippen LogP contribution in [0.25, 0.3) is 17.1 Å². The van der Waals surface area contributed by atoms with Crippen LogP contribution in [0, 0.1) is 0 Å². The molecule has 0 aliphatic rings. The third-order valence-corrected chi connectivity index (χ3v) is 5.18. The van der Waals surface area contributed by atoms with Crippen molar-refractivity contribution in [2.45, 2.75) is 38.6 Å². The molecule has 23 heavy (non-hydrogen) atoms. The zero-order valence-electron chi connectivity index (χ0n) is 13.6. The molecular weight excluding hydrogens is 321 g/mol. The van der Waals surface area contributed by atoms with Gasteiger partial charge in [0.2, 0.25) is 5.82 Å². The Morgan fingerprint density at radius 2 is 2.00 bits per heavy atom. The zero-order chi connectivity index (χ0) is 17.3. The minimum atomic E-state index is -4.52. The maximum Gasteiger partial charge on any atom is 0.449 e. The van der Waals surface area contributed by atoms with Crippen LogP contribution in [0.5, 0.6) is 0 Å². The quantitative estimate of drug-likeness (QED) is 0.545. The fourth-order valence-electron chi connectivity index (χ4n) is 2.16. The highest BCUT2D eigenvalue weighted by Crippen LogP contribution is 2.32. The van der Waals surface area contributed by atoms with Crippen LogP contribution >= 0.6 is 0 Å². The lowest BCUT2D eigenvalue weighted by Crippen LogP contribution is -2.22. The van der Waals surface area contributed by atoms with Gasteiger partial charge in [0.05, 0.1) is 11.0 Å². The van der Waals surface area contributed by atoms with Crippen LogP contribution in [0.1, 0.15) is 11.4 Å². The fraction of sp³-hybridized carbons (Fsp3) is 0.438. The monoisotopic (exact) mass is 342 g/mol. The molecule has 1 aromatic carbocycles. The molecule has 0 fully saturated rings. The van der Waals surface area contributed by atoms with E-state index in [1.54, 1.807) is 24.3 Å².